The Morgan fingerprint density at radius 2 is 2.31 bits per heavy atom. The molecule has 1 unspecified atom stereocenters. The number of nitrogens with zero attached hydrogens (tertiary/aromatic N) is 1. The Morgan fingerprint density at radius 1 is 1.50 bits per heavy atom. The summed E-state index contributed by atoms with van der Waals surface area (Å²) in [6.07, 6.45) is 1.29. The van der Waals surface area contributed by atoms with E-state index in [0.717, 1.165) is 17.5 Å². The van der Waals surface area contributed by atoms with Crippen LogP contribution < -0.4 is 10.2 Å². The zero-order valence-corrected chi connectivity index (χ0v) is 10.7. The summed E-state index contributed by atoms with van der Waals surface area (Å²) in [5.41, 5.74) is 2.63. The Morgan fingerprint density at radius 3 is 2.94 bits per heavy atom. The molecule has 1 aliphatic heterocycles. The molecule has 1 aromatic carbocycles. The first kappa shape index (κ1) is 11.7. The number of rotatable bonds is 3. The number of nitrogens with one attached hydrogen (secondary N) is 1. The third-order valence-electron chi connectivity index (χ3n) is 3.17. The third kappa shape index (κ3) is 2.50. The fraction of sp³-hybridized carbons (Fsp3) is 0.538. The van der Waals surface area contributed by atoms with Crippen molar-refractivity contribution in [2.24, 2.45) is 5.92 Å². The Hall–Kier alpha value is -0.730. The van der Waals surface area contributed by atoms with Crippen LogP contribution >= 0.6 is 11.6 Å². The van der Waals surface area contributed by atoms with Gasteiger partial charge in [-0.15, -0.1) is 0 Å². The van der Waals surface area contributed by atoms with Crippen LogP contribution in [0.15, 0.2) is 18.2 Å². The predicted molar refractivity (Wildman–Crippen MR) is 70.2 cm³/mol. The summed E-state index contributed by atoms with van der Waals surface area (Å²) >= 11 is 6.04. The van der Waals surface area contributed by atoms with Crippen LogP contribution in [-0.2, 0) is 6.54 Å². The smallest absolute Gasteiger partial charge is 0.0412 e. The van der Waals surface area contributed by atoms with Crippen molar-refractivity contribution in [3.05, 3.63) is 28.8 Å². The fourth-order valence-electron chi connectivity index (χ4n) is 2.35. The zero-order valence-electron chi connectivity index (χ0n) is 9.96. The van der Waals surface area contributed by atoms with E-state index >= 15 is 0 Å². The molecule has 1 aliphatic rings. The molecular formula is C13H19ClN2. The van der Waals surface area contributed by atoms with Crippen molar-refractivity contribution in [3.63, 3.8) is 0 Å². The molecule has 0 spiro atoms. The van der Waals surface area contributed by atoms with Gasteiger partial charge in [-0.1, -0.05) is 18.5 Å². The quantitative estimate of drug-likeness (QED) is 0.871. The third-order valence-corrected chi connectivity index (χ3v) is 3.41. The average molecular weight is 239 g/mol. The van der Waals surface area contributed by atoms with Gasteiger partial charge in [0.05, 0.1) is 0 Å². The maximum absolute atomic E-state index is 6.04. The Balaban J connectivity index is 2.25. The lowest BCUT2D eigenvalue weighted by atomic mass is 10.1. The summed E-state index contributed by atoms with van der Waals surface area (Å²) in [4.78, 5) is 2.47. The highest BCUT2D eigenvalue weighted by Crippen LogP contribution is 2.28. The molecule has 0 saturated carbocycles. The van der Waals surface area contributed by atoms with E-state index in [1.54, 1.807) is 0 Å². The summed E-state index contributed by atoms with van der Waals surface area (Å²) in [6, 6.07) is 6.20. The second-order valence-corrected chi connectivity index (χ2v) is 5.08. The number of benzene rings is 1. The molecule has 1 aromatic rings. The van der Waals surface area contributed by atoms with Gasteiger partial charge in [-0.25, -0.2) is 0 Å². The minimum Gasteiger partial charge on any atom is -0.371 e. The van der Waals surface area contributed by atoms with E-state index in [4.69, 9.17) is 11.6 Å². The highest BCUT2D eigenvalue weighted by Gasteiger charge is 2.20. The van der Waals surface area contributed by atoms with E-state index in [0.29, 0.717) is 0 Å². The second-order valence-electron chi connectivity index (χ2n) is 4.64. The number of halogens is 1. The van der Waals surface area contributed by atoms with Crippen LogP contribution in [0.5, 0.6) is 0 Å². The van der Waals surface area contributed by atoms with Gasteiger partial charge in [-0.2, -0.15) is 0 Å². The lowest BCUT2D eigenvalue weighted by Gasteiger charge is -2.22. The number of anilines is 1. The fourth-order valence-corrected chi connectivity index (χ4v) is 2.54. The van der Waals surface area contributed by atoms with E-state index < -0.39 is 0 Å². The molecule has 0 amide bonds. The molecule has 1 N–H and O–H groups in total. The molecule has 2 nitrogen and oxygen atoms in total. The van der Waals surface area contributed by atoms with Gasteiger partial charge in [-0.05, 0) is 43.1 Å². The zero-order chi connectivity index (χ0) is 11.5. The summed E-state index contributed by atoms with van der Waals surface area (Å²) in [5.74, 6) is 0.804. The predicted octanol–water partition coefficient (Wildman–Crippen LogP) is 2.91. The molecule has 3 heteroatoms. The van der Waals surface area contributed by atoms with Gasteiger partial charge in [0.1, 0.15) is 0 Å². The van der Waals surface area contributed by atoms with Crippen LogP contribution in [0.3, 0.4) is 0 Å². The lowest BCUT2D eigenvalue weighted by molar-refractivity contribution is 0.659. The molecule has 0 aromatic heterocycles. The maximum atomic E-state index is 6.04. The summed E-state index contributed by atoms with van der Waals surface area (Å²) in [7, 11) is 1.97. The number of hydrogen-bond acceptors (Lipinski definition) is 2. The number of hydrogen-bond donors (Lipinski definition) is 1. The molecule has 0 bridgehead atoms. The molecular weight excluding hydrogens is 220 g/mol. The normalized spacial score (nSPS) is 20.4. The molecule has 0 aliphatic carbocycles. The molecule has 1 heterocycles. The van der Waals surface area contributed by atoms with Crippen LogP contribution in [0.25, 0.3) is 0 Å². The first-order valence-electron chi connectivity index (χ1n) is 5.88. The topological polar surface area (TPSA) is 15.3 Å². The van der Waals surface area contributed by atoms with Gasteiger partial charge in [0.25, 0.3) is 0 Å². The van der Waals surface area contributed by atoms with Crippen LogP contribution in [0.1, 0.15) is 18.9 Å². The van der Waals surface area contributed by atoms with Crippen LogP contribution in [-0.4, -0.2) is 20.1 Å². The molecule has 88 valence electrons. The van der Waals surface area contributed by atoms with Crippen LogP contribution in [0.2, 0.25) is 5.02 Å². The Labute approximate surface area is 103 Å². The van der Waals surface area contributed by atoms with Crippen molar-refractivity contribution in [1.82, 2.24) is 5.32 Å². The van der Waals surface area contributed by atoms with E-state index in [9.17, 15) is 0 Å². The first-order valence-corrected chi connectivity index (χ1v) is 6.26. The Kier molecular flexibility index (Phi) is 3.72. The van der Waals surface area contributed by atoms with Crippen LogP contribution in [0.4, 0.5) is 5.69 Å². The summed E-state index contributed by atoms with van der Waals surface area (Å²) < 4.78 is 0. The monoisotopic (exact) mass is 238 g/mol. The highest BCUT2D eigenvalue weighted by atomic mass is 35.5. The van der Waals surface area contributed by atoms with Crippen molar-refractivity contribution in [2.75, 3.05) is 25.0 Å². The summed E-state index contributed by atoms with van der Waals surface area (Å²) in [5, 5.41) is 4.02. The first-order chi connectivity index (χ1) is 7.70. The lowest BCUT2D eigenvalue weighted by Crippen LogP contribution is -2.21. The largest absolute Gasteiger partial charge is 0.371 e. The molecule has 16 heavy (non-hydrogen) atoms. The average Bonchev–Trinajstić information content (AvgIpc) is 2.65. The van der Waals surface area contributed by atoms with Crippen molar-refractivity contribution in [3.8, 4) is 0 Å². The maximum Gasteiger partial charge on any atom is 0.0412 e. The van der Waals surface area contributed by atoms with E-state index in [2.05, 4.69) is 29.3 Å². The minimum absolute atomic E-state index is 0.804. The van der Waals surface area contributed by atoms with E-state index in [1.807, 2.05) is 13.1 Å². The molecule has 2 rings (SSSR count). The minimum atomic E-state index is 0.804. The van der Waals surface area contributed by atoms with Crippen molar-refractivity contribution >= 4 is 17.3 Å². The summed E-state index contributed by atoms with van der Waals surface area (Å²) in [6.45, 7) is 5.52. The molecule has 1 atom stereocenters. The SMILES string of the molecule is CNCc1cc(Cl)ccc1N1CCC(C)C1. The standard InChI is InChI=1S/C13H19ClN2/c1-10-5-6-16(9-10)13-4-3-12(14)7-11(13)8-15-2/h3-4,7,10,15H,5-6,8-9H2,1-2H3. The second kappa shape index (κ2) is 5.07. The van der Waals surface area contributed by atoms with Gasteiger partial charge in [0.2, 0.25) is 0 Å². The van der Waals surface area contributed by atoms with Gasteiger partial charge in [0, 0.05) is 30.3 Å². The highest BCUT2D eigenvalue weighted by molar-refractivity contribution is 6.30. The van der Waals surface area contributed by atoms with Gasteiger partial charge >= 0.3 is 0 Å². The van der Waals surface area contributed by atoms with Crippen LogP contribution in [0, 0.1) is 5.92 Å². The van der Waals surface area contributed by atoms with Gasteiger partial charge in [-0.3, -0.25) is 0 Å². The van der Waals surface area contributed by atoms with Crippen molar-refractivity contribution in [1.29, 1.82) is 0 Å². The van der Waals surface area contributed by atoms with Crippen molar-refractivity contribution < 1.29 is 0 Å². The molecule has 0 radical (unpaired) electrons. The Bertz CT molecular complexity index is 365. The van der Waals surface area contributed by atoms with Crippen molar-refractivity contribution in [2.45, 2.75) is 19.9 Å². The van der Waals surface area contributed by atoms with E-state index in [-0.39, 0.29) is 0 Å². The molecule has 1 fully saturated rings. The van der Waals surface area contributed by atoms with Gasteiger partial charge < -0.3 is 10.2 Å². The van der Waals surface area contributed by atoms with Gasteiger partial charge in [0.15, 0.2) is 0 Å². The molecule has 1 saturated heterocycles. The van der Waals surface area contributed by atoms with E-state index in [1.165, 1.54) is 30.8 Å².